The molecule has 2 rings (SSSR count). The van der Waals surface area contributed by atoms with Crippen molar-refractivity contribution in [1.29, 1.82) is 0 Å². The maximum Gasteiger partial charge on any atom is 0.213 e. The molecule has 0 fully saturated rings. The summed E-state index contributed by atoms with van der Waals surface area (Å²) in [7, 11) is 1.65. The first-order valence-corrected chi connectivity index (χ1v) is 7.61. The van der Waals surface area contributed by atoms with Crippen LogP contribution in [0.15, 0.2) is 22.6 Å². The van der Waals surface area contributed by atoms with Crippen LogP contribution in [0.1, 0.15) is 37.1 Å². The standard InChI is InChI=1S/C17H24N2O3/c1-5-6-9-21-16-8-7-14(20-4)10-15(16)18-11-17-19-12(2)13(3)22-17/h7-8,10,18H,5-6,9,11H2,1-4H3. The minimum Gasteiger partial charge on any atom is -0.497 e. The van der Waals surface area contributed by atoms with Crippen LogP contribution in [0.25, 0.3) is 0 Å². The highest BCUT2D eigenvalue weighted by Crippen LogP contribution is 2.30. The van der Waals surface area contributed by atoms with Gasteiger partial charge in [0, 0.05) is 6.07 Å². The van der Waals surface area contributed by atoms with Gasteiger partial charge < -0.3 is 19.2 Å². The monoisotopic (exact) mass is 304 g/mol. The Kier molecular flexibility index (Phi) is 5.69. The van der Waals surface area contributed by atoms with E-state index in [9.17, 15) is 0 Å². The van der Waals surface area contributed by atoms with E-state index in [4.69, 9.17) is 13.9 Å². The number of aromatic nitrogens is 1. The molecule has 22 heavy (non-hydrogen) atoms. The SMILES string of the molecule is CCCCOc1ccc(OC)cc1NCc1nc(C)c(C)o1. The van der Waals surface area contributed by atoms with Gasteiger partial charge in [0.25, 0.3) is 0 Å². The molecule has 2 aromatic rings. The molecule has 5 nitrogen and oxygen atoms in total. The highest BCUT2D eigenvalue weighted by atomic mass is 16.5. The molecule has 5 heteroatoms. The van der Waals surface area contributed by atoms with E-state index in [1.807, 2.05) is 32.0 Å². The van der Waals surface area contributed by atoms with Crippen molar-refractivity contribution in [1.82, 2.24) is 4.98 Å². The summed E-state index contributed by atoms with van der Waals surface area (Å²) in [4.78, 5) is 4.37. The van der Waals surface area contributed by atoms with Crippen LogP contribution in [0.5, 0.6) is 11.5 Å². The van der Waals surface area contributed by atoms with E-state index >= 15 is 0 Å². The first-order chi connectivity index (χ1) is 10.6. The van der Waals surface area contributed by atoms with Crippen LogP contribution < -0.4 is 14.8 Å². The third-order valence-electron chi connectivity index (χ3n) is 3.45. The highest BCUT2D eigenvalue weighted by molar-refractivity contribution is 5.59. The first kappa shape index (κ1) is 16.2. The van der Waals surface area contributed by atoms with Gasteiger partial charge in [0.2, 0.25) is 5.89 Å². The Labute approximate surface area is 131 Å². The van der Waals surface area contributed by atoms with Crippen LogP contribution in [0.4, 0.5) is 5.69 Å². The third kappa shape index (κ3) is 4.16. The number of ether oxygens (including phenoxy) is 2. The van der Waals surface area contributed by atoms with E-state index in [2.05, 4.69) is 17.2 Å². The summed E-state index contributed by atoms with van der Waals surface area (Å²) < 4.78 is 16.7. The topological polar surface area (TPSA) is 56.5 Å². The summed E-state index contributed by atoms with van der Waals surface area (Å²) in [5.74, 6) is 3.11. The van der Waals surface area contributed by atoms with Gasteiger partial charge in [-0.25, -0.2) is 4.98 Å². The maximum atomic E-state index is 5.83. The second-order valence-corrected chi connectivity index (χ2v) is 5.17. The van der Waals surface area contributed by atoms with Gasteiger partial charge in [-0.3, -0.25) is 0 Å². The Balaban J connectivity index is 2.08. The smallest absolute Gasteiger partial charge is 0.213 e. The number of unbranched alkanes of at least 4 members (excludes halogenated alkanes) is 1. The molecule has 120 valence electrons. The van der Waals surface area contributed by atoms with E-state index in [-0.39, 0.29) is 0 Å². The minimum absolute atomic E-state index is 0.506. The van der Waals surface area contributed by atoms with Gasteiger partial charge in [0.15, 0.2) is 0 Å². The van der Waals surface area contributed by atoms with Gasteiger partial charge in [-0.2, -0.15) is 0 Å². The Morgan fingerprint density at radius 1 is 1.27 bits per heavy atom. The van der Waals surface area contributed by atoms with E-state index < -0.39 is 0 Å². The fraction of sp³-hybridized carbons (Fsp3) is 0.471. The Bertz CT molecular complexity index is 588. The van der Waals surface area contributed by atoms with Gasteiger partial charge in [0.05, 0.1) is 31.6 Å². The average Bonchev–Trinajstić information content (AvgIpc) is 2.84. The molecule has 0 unspecified atom stereocenters. The Morgan fingerprint density at radius 2 is 2.09 bits per heavy atom. The number of benzene rings is 1. The molecule has 0 spiro atoms. The fourth-order valence-electron chi connectivity index (χ4n) is 2.01. The van der Waals surface area contributed by atoms with Crippen molar-refractivity contribution in [2.75, 3.05) is 19.0 Å². The molecule has 0 saturated carbocycles. The highest BCUT2D eigenvalue weighted by Gasteiger charge is 2.09. The lowest BCUT2D eigenvalue weighted by Crippen LogP contribution is -2.04. The number of nitrogens with one attached hydrogen (secondary N) is 1. The number of oxazole rings is 1. The zero-order chi connectivity index (χ0) is 15.9. The Hall–Kier alpha value is -2.17. The van der Waals surface area contributed by atoms with Crippen molar-refractivity contribution >= 4 is 5.69 Å². The molecule has 0 radical (unpaired) electrons. The molecule has 0 saturated heterocycles. The molecule has 0 bridgehead atoms. The zero-order valence-corrected chi connectivity index (χ0v) is 13.7. The van der Waals surface area contributed by atoms with Gasteiger partial charge in [-0.15, -0.1) is 0 Å². The molecular weight excluding hydrogens is 280 g/mol. The number of methoxy groups -OCH3 is 1. The maximum absolute atomic E-state index is 5.83. The second-order valence-electron chi connectivity index (χ2n) is 5.17. The van der Waals surface area contributed by atoms with Gasteiger partial charge in [0.1, 0.15) is 17.3 Å². The van der Waals surface area contributed by atoms with Crippen LogP contribution >= 0.6 is 0 Å². The molecule has 1 heterocycles. The van der Waals surface area contributed by atoms with E-state index in [1.165, 1.54) is 0 Å². The number of aryl methyl sites for hydroxylation is 2. The van der Waals surface area contributed by atoms with Crippen LogP contribution in [-0.4, -0.2) is 18.7 Å². The summed E-state index contributed by atoms with van der Waals surface area (Å²) >= 11 is 0. The lowest BCUT2D eigenvalue weighted by atomic mass is 10.2. The van der Waals surface area contributed by atoms with Crippen molar-refractivity contribution in [2.45, 2.75) is 40.2 Å². The van der Waals surface area contributed by atoms with Crippen LogP contribution in [-0.2, 0) is 6.54 Å². The molecule has 0 aliphatic rings. The predicted octanol–water partition coefficient (Wildman–Crippen LogP) is 4.09. The van der Waals surface area contributed by atoms with Gasteiger partial charge >= 0.3 is 0 Å². The lowest BCUT2D eigenvalue weighted by Gasteiger charge is -2.13. The molecule has 0 aliphatic carbocycles. The average molecular weight is 304 g/mol. The number of anilines is 1. The molecule has 1 N–H and O–H groups in total. The molecular formula is C17H24N2O3. The van der Waals surface area contributed by atoms with Crippen molar-refractivity contribution in [3.8, 4) is 11.5 Å². The molecule has 0 atom stereocenters. The number of nitrogens with zero attached hydrogens (tertiary/aromatic N) is 1. The third-order valence-corrected chi connectivity index (χ3v) is 3.45. The van der Waals surface area contributed by atoms with Crippen molar-refractivity contribution < 1.29 is 13.9 Å². The van der Waals surface area contributed by atoms with Crippen molar-refractivity contribution in [3.05, 3.63) is 35.5 Å². The normalized spacial score (nSPS) is 10.5. The predicted molar refractivity (Wildman–Crippen MR) is 86.7 cm³/mol. The molecule has 0 amide bonds. The largest absolute Gasteiger partial charge is 0.497 e. The number of rotatable bonds is 8. The van der Waals surface area contributed by atoms with Crippen molar-refractivity contribution in [2.24, 2.45) is 0 Å². The van der Waals surface area contributed by atoms with Crippen LogP contribution in [0.3, 0.4) is 0 Å². The lowest BCUT2D eigenvalue weighted by molar-refractivity contribution is 0.310. The van der Waals surface area contributed by atoms with Crippen molar-refractivity contribution in [3.63, 3.8) is 0 Å². The Morgan fingerprint density at radius 3 is 2.73 bits per heavy atom. The van der Waals surface area contributed by atoms with E-state index in [1.54, 1.807) is 7.11 Å². The minimum atomic E-state index is 0.506. The summed E-state index contributed by atoms with van der Waals surface area (Å²) in [5, 5.41) is 3.31. The summed E-state index contributed by atoms with van der Waals surface area (Å²) in [5.41, 5.74) is 1.80. The summed E-state index contributed by atoms with van der Waals surface area (Å²) in [6, 6.07) is 5.73. The van der Waals surface area contributed by atoms with Crippen LogP contribution in [0, 0.1) is 13.8 Å². The second kappa shape index (κ2) is 7.73. The molecule has 1 aromatic carbocycles. The van der Waals surface area contributed by atoms with Gasteiger partial charge in [-0.1, -0.05) is 13.3 Å². The van der Waals surface area contributed by atoms with E-state index in [0.29, 0.717) is 19.0 Å². The quantitative estimate of drug-likeness (QED) is 0.744. The molecule has 0 aliphatic heterocycles. The van der Waals surface area contributed by atoms with Crippen LogP contribution in [0.2, 0.25) is 0 Å². The summed E-state index contributed by atoms with van der Waals surface area (Å²) in [6.45, 7) is 7.20. The fourth-order valence-corrected chi connectivity index (χ4v) is 2.01. The van der Waals surface area contributed by atoms with E-state index in [0.717, 1.165) is 41.5 Å². The number of hydrogen-bond acceptors (Lipinski definition) is 5. The van der Waals surface area contributed by atoms with Gasteiger partial charge in [-0.05, 0) is 32.4 Å². The summed E-state index contributed by atoms with van der Waals surface area (Å²) in [6.07, 6.45) is 2.14. The molecule has 1 aromatic heterocycles. The zero-order valence-electron chi connectivity index (χ0n) is 13.7. The first-order valence-electron chi connectivity index (χ1n) is 7.61. The number of hydrogen-bond donors (Lipinski definition) is 1.